The van der Waals surface area contributed by atoms with Gasteiger partial charge < -0.3 is 5.73 Å². The van der Waals surface area contributed by atoms with Gasteiger partial charge in [0.15, 0.2) is 0 Å². The average Bonchev–Trinajstić information content (AvgIpc) is 2.91. The van der Waals surface area contributed by atoms with E-state index in [4.69, 9.17) is 5.73 Å². The second-order valence-corrected chi connectivity index (χ2v) is 3.03. The summed E-state index contributed by atoms with van der Waals surface area (Å²) < 4.78 is 0. The maximum Gasteiger partial charge on any atom is 0.236 e. The molecule has 2 aromatic heterocycles. The van der Waals surface area contributed by atoms with E-state index in [1.165, 1.54) is 4.79 Å². The second kappa shape index (κ2) is 4.47. The third-order valence-electron chi connectivity index (χ3n) is 2.00. The van der Waals surface area contributed by atoms with E-state index in [9.17, 15) is 0 Å². The van der Waals surface area contributed by atoms with Crippen molar-refractivity contribution >= 4 is 5.96 Å². The zero-order valence-corrected chi connectivity index (χ0v) is 8.93. The Morgan fingerprint density at radius 2 is 2.06 bits per heavy atom. The molecule has 0 bridgehead atoms. The quantitative estimate of drug-likeness (QED) is 0.573. The summed E-state index contributed by atoms with van der Waals surface area (Å²) in [5, 5.41) is 13.9. The number of nitrogens with two attached hydrogens (primary N) is 1. The van der Waals surface area contributed by atoms with Crippen LogP contribution in [0.2, 0.25) is 0 Å². The lowest BCUT2D eigenvalue weighted by Gasteiger charge is -2.20. The fourth-order valence-corrected chi connectivity index (χ4v) is 1.29. The Labute approximate surface area is 92.7 Å². The van der Waals surface area contributed by atoms with Crippen molar-refractivity contribution in [2.24, 2.45) is 10.8 Å². The van der Waals surface area contributed by atoms with Crippen LogP contribution < -0.4 is 10.7 Å². The van der Waals surface area contributed by atoms with E-state index in [2.05, 4.69) is 15.3 Å². The van der Waals surface area contributed by atoms with Crippen molar-refractivity contribution in [2.75, 3.05) is 11.6 Å². The van der Waals surface area contributed by atoms with E-state index >= 15 is 0 Å². The van der Waals surface area contributed by atoms with Gasteiger partial charge in [0.05, 0.1) is 18.6 Å². The number of guanidine groups is 1. The van der Waals surface area contributed by atoms with Crippen LogP contribution in [0.25, 0.3) is 0 Å². The molecule has 0 saturated heterocycles. The normalized spacial score (nSPS) is 11.7. The molecular formula is C9H13N7. The van der Waals surface area contributed by atoms with Gasteiger partial charge in [-0.15, -0.1) is 5.10 Å². The lowest BCUT2D eigenvalue weighted by Crippen LogP contribution is -2.45. The first-order valence-electron chi connectivity index (χ1n) is 4.93. The van der Waals surface area contributed by atoms with Crippen LogP contribution in [0.4, 0.5) is 0 Å². The van der Waals surface area contributed by atoms with Gasteiger partial charge in [-0.25, -0.2) is 5.01 Å². The van der Waals surface area contributed by atoms with Gasteiger partial charge in [0.25, 0.3) is 0 Å². The smallest absolute Gasteiger partial charge is 0.236 e. The van der Waals surface area contributed by atoms with Gasteiger partial charge >= 0.3 is 0 Å². The molecule has 7 heteroatoms. The zero-order chi connectivity index (χ0) is 11.4. The standard InChI is InChI=1S/C9H13N7/c1-2-14(16-8-4-6-12-16)9(10)13-15-7-3-5-11-15/h3-8H,2H2,1H3,(H2,10,13). The number of nitrogens with zero attached hydrogens (tertiary/aromatic N) is 6. The lowest BCUT2D eigenvalue weighted by molar-refractivity contribution is 0.630. The van der Waals surface area contributed by atoms with Crippen LogP contribution in [0.3, 0.4) is 0 Å². The van der Waals surface area contributed by atoms with E-state index < -0.39 is 0 Å². The Hall–Kier alpha value is -2.31. The Bertz CT molecular complexity index is 442. The first-order chi connectivity index (χ1) is 7.81. The fraction of sp³-hybridized carbons (Fsp3) is 0.222. The molecule has 0 amide bonds. The summed E-state index contributed by atoms with van der Waals surface area (Å²) in [6.45, 7) is 2.63. The minimum Gasteiger partial charge on any atom is -0.367 e. The molecule has 2 rings (SSSR count). The van der Waals surface area contributed by atoms with E-state index in [1.807, 2.05) is 13.0 Å². The monoisotopic (exact) mass is 219 g/mol. The largest absolute Gasteiger partial charge is 0.367 e. The maximum absolute atomic E-state index is 5.87. The number of rotatable bonds is 3. The topological polar surface area (TPSA) is 77.3 Å². The molecule has 0 unspecified atom stereocenters. The average molecular weight is 219 g/mol. The third-order valence-corrected chi connectivity index (χ3v) is 2.00. The number of hydrogen-bond donors (Lipinski definition) is 1. The molecule has 0 atom stereocenters. The van der Waals surface area contributed by atoms with Gasteiger partial charge in [0, 0.05) is 12.7 Å². The summed E-state index contributed by atoms with van der Waals surface area (Å²) in [5.74, 6) is 0.329. The predicted octanol–water partition coefficient (Wildman–Crippen LogP) is -0.185. The van der Waals surface area contributed by atoms with Gasteiger partial charge in [-0.1, -0.05) is 0 Å². The first-order valence-corrected chi connectivity index (χ1v) is 4.93. The molecule has 0 aliphatic rings. The van der Waals surface area contributed by atoms with Crippen LogP contribution in [-0.4, -0.2) is 32.3 Å². The summed E-state index contributed by atoms with van der Waals surface area (Å²) in [6.07, 6.45) is 6.84. The third kappa shape index (κ3) is 2.02. The molecule has 0 aliphatic heterocycles. The van der Waals surface area contributed by atoms with Crippen molar-refractivity contribution in [2.45, 2.75) is 6.92 Å². The van der Waals surface area contributed by atoms with Crippen molar-refractivity contribution in [1.29, 1.82) is 0 Å². The summed E-state index contributed by atoms with van der Waals surface area (Å²) in [5.41, 5.74) is 5.87. The maximum atomic E-state index is 5.87. The van der Waals surface area contributed by atoms with Gasteiger partial charge in [-0.05, 0) is 19.1 Å². The molecule has 0 fully saturated rings. The van der Waals surface area contributed by atoms with Crippen LogP contribution in [0.5, 0.6) is 0 Å². The second-order valence-electron chi connectivity index (χ2n) is 3.03. The molecule has 0 aliphatic carbocycles. The van der Waals surface area contributed by atoms with Crippen molar-refractivity contribution in [1.82, 2.24) is 19.8 Å². The summed E-state index contributed by atoms with van der Waals surface area (Å²) in [4.78, 5) is 3.03. The van der Waals surface area contributed by atoms with Gasteiger partial charge in [-0.2, -0.15) is 19.8 Å². The van der Waals surface area contributed by atoms with Crippen molar-refractivity contribution in [3.63, 3.8) is 0 Å². The number of hydrogen-bond acceptors (Lipinski definition) is 3. The predicted molar refractivity (Wildman–Crippen MR) is 60.2 cm³/mol. The molecular weight excluding hydrogens is 206 g/mol. The summed E-state index contributed by atoms with van der Waals surface area (Å²) in [6, 6.07) is 3.60. The SMILES string of the molecule is CCN(C(N)=Nn1cccn1)n1cccn1. The van der Waals surface area contributed by atoms with Crippen LogP contribution in [-0.2, 0) is 0 Å². The molecule has 0 radical (unpaired) electrons. The van der Waals surface area contributed by atoms with Crippen molar-refractivity contribution in [3.8, 4) is 0 Å². The molecule has 2 N–H and O–H groups in total. The van der Waals surface area contributed by atoms with Crippen LogP contribution in [0.1, 0.15) is 6.92 Å². The highest BCUT2D eigenvalue weighted by Crippen LogP contribution is 1.91. The fourth-order valence-electron chi connectivity index (χ4n) is 1.29. The van der Waals surface area contributed by atoms with E-state index in [1.54, 1.807) is 40.7 Å². The highest BCUT2D eigenvalue weighted by atomic mass is 15.7. The Morgan fingerprint density at radius 1 is 1.31 bits per heavy atom. The lowest BCUT2D eigenvalue weighted by atomic mass is 10.7. The Kier molecular flexibility index (Phi) is 2.86. The van der Waals surface area contributed by atoms with Crippen LogP contribution >= 0.6 is 0 Å². The van der Waals surface area contributed by atoms with Crippen LogP contribution in [0.15, 0.2) is 42.0 Å². The van der Waals surface area contributed by atoms with Crippen molar-refractivity contribution < 1.29 is 0 Å². The highest BCUT2D eigenvalue weighted by molar-refractivity contribution is 5.87. The van der Waals surface area contributed by atoms with E-state index in [0.717, 1.165) is 0 Å². The van der Waals surface area contributed by atoms with Gasteiger partial charge in [0.1, 0.15) is 0 Å². The van der Waals surface area contributed by atoms with E-state index in [-0.39, 0.29) is 0 Å². The summed E-state index contributed by atoms with van der Waals surface area (Å²) in [7, 11) is 0. The molecule has 16 heavy (non-hydrogen) atoms. The Balaban J connectivity index is 2.22. The van der Waals surface area contributed by atoms with Gasteiger partial charge in [0.2, 0.25) is 5.96 Å². The molecule has 2 aromatic rings. The Morgan fingerprint density at radius 3 is 2.62 bits per heavy atom. The molecule has 7 nitrogen and oxygen atoms in total. The van der Waals surface area contributed by atoms with E-state index in [0.29, 0.717) is 12.5 Å². The van der Waals surface area contributed by atoms with Crippen molar-refractivity contribution in [3.05, 3.63) is 36.9 Å². The first kappa shape index (κ1) is 10.2. The minimum absolute atomic E-state index is 0.329. The summed E-state index contributed by atoms with van der Waals surface area (Å²) >= 11 is 0. The van der Waals surface area contributed by atoms with Gasteiger partial charge in [-0.3, -0.25) is 0 Å². The minimum atomic E-state index is 0.329. The molecule has 2 heterocycles. The molecule has 0 saturated carbocycles. The van der Waals surface area contributed by atoms with Crippen LogP contribution in [0, 0.1) is 0 Å². The molecule has 84 valence electrons. The zero-order valence-electron chi connectivity index (χ0n) is 8.93. The molecule has 0 aromatic carbocycles. The highest BCUT2D eigenvalue weighted by Gasteiger charge is 2.07. The number of aromatic nitrogens is 4. The molecule has 0 spiro atoms.